The van der Waals surface area contributed by atoms with E-state index in [9.17, 15) is 27.6 Å². The molecule has 2 amide bonds. The van der Waals surface area contributed by atoms with Crippen molar-refractivity contribution in [3.63, 3.8) is 0 Å². The molecular formula is C17H20ClF3N2O4. The van der Waals surface area contributed by atoms with Crippen LogP contribution in [-0.2, 0) is 14.3 Å². The van der Waals surface area contributed by atoms with Crippen LogP contribution >= 0.6 is 11.6 Å². The Morgan fingerprint density at radius 1 is 1.15 bits per heavy atom. The van der Waals surface area contributed by atoms with Gasteiger partial charge < -0.3 is 15.4 Å². The SMILES string of the molecule is CC(C)C[C@H](NC(=O)c1ccc(Cl)cc1)C(=O)OCC(=O)NCC(F)(F)F. The van der Waals surface area contributed by atoms with Crippen LogP contribution in [0.3, 0.4) is 0 Å². The number of rotatable bonds is 8. The number of esters is 1. The van der Waals surface area contributed by atoms with Gasteiger partial charge in [-0.3, -0.25) is 9.59 Å². The Labute approximate surface area is 159 Å². The van der Waals surface area contributed by atoms with E-state index in [4.69, 9.17) is 16.3 Å². The van der Waals surface area contributed by atoms with E-state index in [1.54, 1.807) is 5.32 Å². The Morgan fingerprint density at radius 2 is 1.74 bits per heavy atom. The highest BCUT2D eigenvalue weighted by molar-refractivity contribution is 6.30. The fourth-order valence-electron chi connectivity index (χ4n) is 2.02. The summed E-state index contributed by atoms with van der Waals surface area (Å²) in [6.07, 6.45) is -4.34. The van der Waals surface area contributed by atoms with Gasteiger partial charge in [0.2, 0.25) is 0 Å². The quantitative estimate of drug-likeness (QED) is 0.648. The molecular weight excluding hydrogens is 389 g/mol. The second-order valence-corrected chi connectivity index (χ2v) is 6.60. The van der Waals surface area contributed by atoms with Crippen molar-refractivity contribution in [2.75, 3.05) is 13.2 Å². The van der Waals surface area contributed by atoms with Gasteiger partial charge >= 0.3 is 12.1 Å². The first-order valence-electron chi connectivity index (χ1n) is 8.04. The molecule has 6 nitrogen and oxygen atoms in total. The summed E-state index contributed by atoms with van der Waals surface area (Å²) in [6, 6.07) is 4.91. The molecule has 0 aromatic heterocycles. The summed E-state index contributed by atoms with van der Waals surface area (Å²) < 4.78 is 40.8. The summed E-state index contributed by atoms with van der Waals surface area (Å²) in [5, 5.41) is 4.52. The van der Waals surface area contributed by atoms with Gasteiger partial charge in [0.25, 0.3) is 11.8 Å². The number of nitrogens with one attached hydrogen (secondary N) is 2. The highest BCUT2D eigenvalue weighted by Crippen LogP contribution is 2.13. The summed E-state index contributed by atoms with van der Waals surface area (Å²) in [5.41, 5.74) is 0.267. The first-order chi connectivity index (χ1) is 12.5. The van der Waals surface area contributed by atoms with Crippen LogP contribution in [0, 0.1) is 5.92 Å². The maximum atomic E-state index is 12.2. The van der Waals surface area contributed by atoms with E-state index in [1.165, 1.54) is 24.3 Å². The third kappa shape index (κ3) is 9.28. The van der Waals surface area contributed by atoms with Crippen LogP contribution in [0.1, 0.15) is 30.6 Å². The minimum Gasteiger partial charge on any atom is -0.454 e. The smallest absolute Gasteiger partial charge is 0.405 e. The zero-order valence-electron chi connectivity index (χ0n) is 14.7. The highest BCUT2D eigenvalue weighted by Gasteiger charge is 2.28. The van der Waals surface area contributed by atoms with Gasteiger partial charge in [0.05, 0.1) is 0 Å². The second-order valence-electron chi connectivity index (χ2n) is 6.16. The fraction of sp³-hybridized carbons (Fsp3) is 0.471. The van der Waals surface area contributed by atoms with E-state index >= 15 is 0 Å². The van der Waals surface area contributed by atoms with Gasteiger partial charge in [-0.1, -0.05) is 25.4 Å². The molecule has 1 aromatic carbocycles. The lowest BCUT2D eigenvalue weighted by Crippen LogP contribution is -2.44. The maximum Gasteiger partial charge on any atom is 0.405 e. The molecule has 10 heteroatoms. The molecule has 0 aliphatic heterocycles. The van der Waals surface area contributed by atoms with Gasteiger partial charge in [0.15, 0.2) is 6.61 Å². The number of alkyl halides is 3. The summed E-state index contributed by atoms with van der Waals surface area (Å²) >= 11 is 5.75. The van der Waals surface area contributed by atoms with Crippen LogP contribution in [0.4, 0.5) is 13.2 Å². The van der Waals surface area contributed by atoms with Crippen molar-refractivity contribution < 1.29 is 32.3 Å². The van der Waals surface area contributed by atoms with Crippen LogP contribution in [-0.4, -0.2) is 43.2 Å². The van der Waals surface area contributed by atoms with E-state index in [0.717, 1.165) is 0 Å². The van der Waals surface area contributed by atoms with Crippen molar-refractivity contribution in [2.24, 2.45) is 5.92 Å². The lowest BCUT2D eigenvalue weighted by molar-refractivity contribution is -0.153. The average Bonchev–Trinajstić information content (AvgIpc) is 2.56. The molecule has 1 aromatic rings. The summed E-state index contributed by atoms with van der Waals surface area (Å²) in [4.78, 5) is 35.7. The monoisotopic (exact) mass is 408 g/mol. The molecule has 0 heterocycles. The molecule has 1 rings (SSSR count). The zero-order valence-corrected chi connectivity index (χ0v) is 15.5. The fourth-order valence-corrected chi connectivity index (χ4v) is 2.14. The van der Waals surface area contributed by atoms with Crippen molar-refractivity contribution in [2.45, 2.75) is 32.5 Å². The van der Waals surface area contributed by atoms with Gasteiger partial charge in [-0.05, 0) is 36.6 Å². The van der Waals surface area contributed by atoms with Crippen LogP contribution in [0.5, 0.6) is 0 Å². The Balaban J connectivity index is 2.64. The Bertz CT molecular complexity index is 663. The standard InChI is InChI=1S/C17H20ClF3N2O4/c1-10(2)7-13(23-15(25)11-3-5-12(18)6-4-11)16(26)27-8-14(24)22-9-17(19,20)21/h3-6,10,13H,7-9H2,1-2H3,(H,22,24)(H,23,25)/t13-/m0/s1. The van der Waals surface area contributed by atoms with E-state index in [1.807, 2.05) is 13.8 Å². The Morgan fingerprint density at radius 3 is 2.26 bits per heavy atom. The molecule has 0 radical (unpaired) electrons. The molecule has 2 N–H and O–H groups in total. The number of carbonyl (C=O) groups is 3. The van der Waals surface area contributed by atoms with Crippen LogP contribution in [0.25, 0.3) is 0 Å². The molecule has 0 saturated heterocycles. The van der Waals surface area contributed by atoms with Gasteiger partial charge in [-0.15, -0.1) is 0 Å². The molecule has 0 unspecified atom stereocenters. The Kier molecular flexibility index (Phi) is 8.55. The highest BCUT2D eigenvalue weighted by atomic mass is 35.5. The second kappa shape index (κ2) is 10.1. The largest absolute Gasteiger partial charge is 0.454 e. The number of carbonyl (C=O) groups excluding carboxylic acids is 3. The molecule has 0 saturated carbocycles. The van der Waals surface area contributed by atoms with Crippen LogP contribution in [0.15, 0.2) is 24.3 Å². The molecule has 0 bridgehead atoms. The molecule has 1 atom stereocenters. The van der Waals surface area contributed by atoms with Crippen molar-refractivity contribution >= 4 is 29.4 Å². The molecule has 27 heavy (non-hydrogen) atoms. The summed E-state index contributed by atoms with van der Waals surface area (Å²) in [6.45, 7) is 1.22. The van der Waals surface area contributed by atoms with Gasteiger partial charge in [-0.2, -0.15) is 13.2 Å². The third-order valence-electron chi connectivity index (χ3n) is 3.23. The first kappa shape index (κ1) is 22.8. The van der Waals surface area contributed by atoms with E-state index < -0.39 is 43.2 Å². The zero-order chi connectivity index (χ0) is 20.6. The van der Waals surface area contributed by atoms with E-state index in [2.05, 4.69) is 5.32 Å². The minimum absolute atomic E-state index is 0.00660. The van der Waals surface area contributed by atoms with Gasteiger partial charge in [-0.25, -0.2) is 4.79 Å². The van der Waals surface area contributed by atoms with E-state index in [0.29, 0.717) is 5.02 Å². The normalized spacial score (nSPS) is 12.4. The average molecular weight is 409 g/mol. The van der Waals surface area contributed by atoms with Crippen molar-refractivity contribution in [3.05, 3.63) is 34.9 Å². The lowest BCUT2D eigenvalue weighted by atomic mass is 10.0. The first-order valence-corrected chi connectivity index (χ1v) is 8.42. The molecule has 0 spiro atoms. The van der Waals surface area contributed by atoms with Crippen molar-refractivity contribution in [1.29, 1.82) is 0 Å². The number of hydrogen-bond donors (Lipinski definition) is 2. The Hall–Kier alpha value is -2.29. The summed E-state index contributed by atoms with van der Waals surface area (Å²) in [5.74, 6) is -2.54. The molecule has 150 valence electrons. The minimum atomic E-state index is -4.56. The molecule has 0 aliphatic carbocycles. The van der Waals surface area contributed by atoms with Gasteiger partial charge in [0.1, 0.15) is 12.6 Å². The molecule has 0 fully saturated rings. The summed E-state index contributed by atoms with van der Waals surface area (Å²) in [7, 11) is 0. The topological polar surface area (TPSA) is 84.5 Å². The van der Waals surface area contributed by atoms with E-state index in [-0.39, 0.29) is 17.9 Å². The van der Waals surface area contributed by atoms with Crippen molar-refractivity contribution in [3.8, 4) is 0 Å². The van der Waals surface area contributed by atoms with Crippen molar-refractivity contribution in [1.82, 2.24) is 10.6 Å². The predicted molar refractivity (Wildman–Crippen MR) is 92.2 cm³/mol. The number of ether oxygens (including phenoxy) is 1. The molecule has 0 aliphatic rings. The predicted octanol–water partition coefficient (Wildman–Crippen LogP) is 2.71. The van der Waals surface area contributed by atoms with Crippen LogP contribution in [0.2, 0.25) is 5.02 Å². The number of hydrogen-bond acceptors (Lipinski definition) is 4. The number of benzene rings is 1. The number of amides is 2. The number of halogens is 4. The maximum absolute atomic E-state index is 12.2. The third-order valence-corrected chi connectivity index (χ3v) is 3.49. The van der Waals surface area contributed by atoms with Crippen LogP contribution < -0.4 is 10.6 Å². The lowest BCUT2D eigenvalue weighted by Gasteiger charge is -2.19. The van der Waals surface area contributed by atoms with Gasteiger partial charge in [0, 0.05) is 10.6 Å².